The van der Waals surface area contributed by atoms with Gasteiger partial charge < -0.3 is 15.4 Å². The summed E-state index contributed by atoms with van der Waals surface area (Å²) >= 11 is 0. The van der Waals surface area contributed by atoms with Crippen LogP contribution in [0.15, 0.2) is 60.7 Å². The number of hydrogen-bond donors (Lipinski definition) is 2. The van der Waals surface area contributed by atoms with Gasteiger partial charge in [0.05, 0.1) is 13.2 Å². The van der Waals surface area contributed by atoms with E-state index in [9.17, 15) is 9.59 Å². The Balaban J connectivity index is 2.12. The molecule has 2 aromatic carbocycles. The summed E-state index contributed by atoms with van der Waals surface area (Å²) in [5.74, 6) is -0.494. The molecule has 0 heterocycles. The molecular formula is C17H18N2O3. The summed E-state index contributed by atoms with van der Waals surface area (Å²) in [6.45, 7) is -0.168. The molecule has 0 aliphatic heterocycles. The van der Waals surface area contributed by atoms with Gasteiger partial charge in [0.1, 0.15) is 6.54 Å². The highest BCUT2D eigenvalue weighted by Gasteiger charge is 2.16. The van der Waals surface area contributed by atoms with Gasteiger partial charge in [0.25, 0.3) is 0 Å². The molecule has 0 aliphatic rings. The van der Waals surface area contributed by atoms with E-state index >= 15 is 0 Å². The monoisotopic (exact) mass is 298 g/mol. The van der Waals surface area contributed by atoms with Crippen molar-refractivity contribution >= 4 is 12.0 Å². The van der Waals surface area contributed by atoms with E-state index < -0.39 is 12.0 Å². The standard InChI is InChI=1S/C17H18N2O3/c1-22-15(20)12-18-17(21)19-16(13-8-4-2-5-9-13)14-10-6-3-7-11-14/h2-11,16H,12H2,1H3,(H2,18,19,21). The fourth-order valence-corrected chi connectivity index (χ4v) is 2.06. The Bertz CT molecular complexity index is 575. The first-order valence-corrected chi connectivity index (χ1v) is 6.92. The Labute approximate surface area is 129 Å². The lowest BCUT2D eigenvalue weighted by molar-refractivity contribution is -0.139. The molecule has 0 fully saturated rings. The molecule has 22 heavy (non-hydrogen) atoms. The maximum Gasteiger partial charge on any atom is 0.325 e. The highest BCUT2D eigenvalue weighted by molar-refractivity contribution is 5.81. The Hall–Kier alpha value is -2.82. The summed E-state index contributed by atoms with van der Waals surface area (Å²) in [7, 11) is 1.28. The van der Waals surface area contributed by atoms with E-state index in [1.165, 1.54) is 7.11 Å². The summed E-state index contributed by atoms with van der Waals surface area (Å²) in [6, 6.07) is 18.6. The van der Waals surface area contributed by atoms with Crippen LogP contribution < -0.4 is 10.6 Å². The summed E-state index contributed by atoms with van der Waals surface area (Å²) in [6.07, 6.45) is 0. The van der Waals surface area contributed by atoms with Crippen LogP contribution in [0.1, 0.15) is 17.2 Å². The van der Waals surface area contributed by atoms with Gasteiger partial charge in [-0.15, -0.1) is 0 Å². The smallest absolute Gasteiger partial charge is 0.325 e. The Morgan fingerprint density at radius 2 is 1.45 bits per heavy atom. The summed E-state index contributed by atoms with van der Waals surface area (Å²) in [5.41, 5.74) is 1.92. The number of urea groups is 1. The second-order valence-corrected chi connectivity index (χ2v) is 4.66. The first-order chi connectivity index (χ1) is 10.7. The Morgan fingerprint density at radius 3 is 1.91 bits per heavy atom. The maximum absolute atomic E-state index is 12.0. The first kappa shape index (κ1) is 15.6. The molecular weight excluding hydrogens is 280 g/mol. The van der Waals surface area contributed by atoms with Crippen LogP contribution in [0.2, 0.25) is 0 Å². The topological polar surface area (TPSA) is 67.4 Å². The van der Waals surface area contributed by atoms with Crippen molar-refractivity contribution in [3.8, 4) is 0 Å². The van der Waals surface area contributed by atoms with Crippen molar-refractivity contribution in [2.24, 2.45) is 0 Å². The van der Waals surface area contributed by atoms with Crippen LogP contribution in [-0.2, 0) is 9.53 Å². The third-order valence-corrected chi connectivity index (χ3v) is 3.16. The highest BCUT2D eigenvalue weighted by Crippen LogP contribution is 2.21. The van der Waals surface area contributed by atoms with Gasteiger partial charge in [-0.2, -0.15) is 0 Å². The van der Waals surface area contributed by atoms with Crippen LogP contribution in [0.3, 0.4) is 0 Å². The minimum Gasteiger partial charge on any atom is -0.468 e. The van der Waals surface area contributed by atoms with E-state index in [-0.39, 0.29) is 12.6 Å². The van der Waals surface area contributed by atoms with Crippen molar-refractivity contribution in [2.45, 2.75) is 6.04 Å². The fraction of sp³-hybridized carbons (Fsp3) is 0.176. The number of ether oxygens (including phenoxy) is 1. The van der Waals surface area contributed by atoms with Crippen LogP contribution in [-0.4, -0.2) is 25.7 Å². The third kappa shape index (κ3) is 4.34. The minimum absolute atomic E-state index is 0.168. The SMILES string of the molecule is COC(=O)CNC(=O)NC(c1ccccc1)c1ccccc1. The summed E-state index contributed by atoms with van der Waals surface area (Å²) < 4.78 is 4.49. The Morgan fingerprint density at radius 1 is 0.955 bits per heavy atom. The molecule has 0 aliphatic carbocycles. The lowest BCUT2D eigenvalue weighted by atomic mass is 9.99. The predicted molar refractivity (Wildman–Crippen MR) is 83.3 cm³/mol. The molecule has 2 N–H and O–H groups in total. The van der Waals surface area contributed by atoms with Gasteiger partial charge in [-0.05, 0) is 11.1 Å². The van der Waals surface area contributed by atoms with E-state index in [4.69, 9.17) is 0 Å². The van der Waals surface area contributed by atoms with E-state index in [1.807, 2.05) is 60.7 Å². The predicted octanol–water partition coefficient (Wildman–Crippen LogP) is 2.25. The van der Waals surface area contributed by atoms with Gasteiger partial charge in [-0.1, -0.05) is 60.7 Å². The second-order valence-electron chi connectivity index (χ2n) is 4.66. The van der Waals surface area contributed by atoms with Crippen molar-refractivity contribution in [3.05, 3.63) is 71.8 Å². The van der Waals surface area contributed by atoms with Crippen molar-refractivity contribution in [3.63, 3.8) is 0 Å². The summed E-state index contributed by atoms with van der Waals surface area (Å²) in [5, 5.41) is 5.35. The van der Waals surface area contributed by atoms with Gasteiger partial charge in [0.2, 0.25) is 0 Å². The molecule has 0 spiro atoms. The van der Waals surface area contributed by atoms with Crippen molar-refractivity contribution in [2.75, 3.05) is 13.7 Å². The van der Waals surface area contributed by atoms with Crippen LogP contribution in [0, 0.1) is 0 Å². The van der Waals surface area contributed by atoms with E-state index in [1.54, 1.807) is 0 Å². The molecule has 5 nitrogen and oxygen atoms in total. The molecule has 2 amide bonds. The van der Waals surface area contributed by atoms with Crippen molar-refractivity contribution in [1.82, 2.24) is 10.6 Å². The number of nitrogens with one attached hydrogen (secondary N) is 2. The van der Waals surface area contributed by atoms with Gasteiger partial charge in [-0.25, -0.2) is 4.79 Å². The van der Waals surface area contributed by atoms with Gasteiger partial charge in [0.15, 0.2) is 0 Å². The number of hydrogen-bond acceptors (Lipinski definition) is 3. The first-order valence-electron chi connectivity index (χ1n) is 6.92. The molecule has 0 bridgehead atoms. The fourth-order valence-electron chi connectivity index (χ4n) is 2.06. The molecule has 2 aromatic rings. The molecule has 0 saturated heterocycles. The number of esters is 1. The van der Waals surface area contributed by atoms with E-state index in [2.05, 4.69) is 15.4 Å². The minimum atomic E-state index is -0.494. The molecule has 5 heteroatoms. The number of carbonyl (C=O) groups is 2. The molecule has 2 rings (SSSR count). The third-order valence-electron chi connectivity index (χ3n) is 3.16. The molecule has 114 valence electrons. The lowest BCUT2D eigenvalue weighted by Crippen LogP contribution is -2.40. The number of methoxy groups -OCH3 is 1. The largest absolute Gasteiger partial charge is 0.468 e. The normalized spacial score (nSPS) is 10.1. The molecule has 0 saturated carbocycles. The molecule has 0 unspecified atom stereocenters. The van der Waals surface area contributed by atoms with Crippen LogP contribution in [0.5, 0.6) is 0 Å². The van der Waals surface area contributed by atoms with E-state index in [0.717, 1.165) is 11.1 Å². The van der Waals surface area contributed by atoms with Crippen LogP contribution in [0.25, 0.3) is 0 Å². The lowest BCUT2D eigenvalue weighted by Gasteiger charge is -2.20. The van der Waals surface area contributed by atoms with Gasteiger partial charge >= 0.3 is 12.0 Å². The number of benzene rings is 2. The van der Waals surface area contributed by atoms with Crippen molar-refractivity contribution in [1.29, 1.82) is 0 Å². The average Bonchev–Trinajstić information content (AvgIpc) is 2.59. The van der Waals surface area contributed by atoms with Crippen LogP contribution in [0.4, 0.5) is 4.79 Å². The average molecular weight is 298 g/mol. The van der Waals surface area contributed by atoms with Crippen LogP contribution >= 0.6 is 0 Å². The number of rotatable bonds is 5. The molecule has 0 radical (unpaired) electrons. The zero-order chi connectivity index (χ0) is 15.8. The van der Waals surface area contributed by atoms with E-state index in [0.29, 0.717) is 0 Å². The van der Waals surface area contributed by atoms with Crippen molar-refractivity contribution < 1.29 is 14.3 Å². The number of carbonyl (C=O) groups excluding carboxylic acids is 2. The summed E-state index contributed by atoms with van der Waals surface area (Å²) in [4.78, 5) is 23.1. The number of amides is 2. The highest BCUT2D eigenvalue weighted by atomic mass is 16.5. The molecule has 0 atom stereocenters. The Kier molecular flexibility index (Phi) is 5.54. The quantitative estimate of drug-likeness (QED) is 0.832. The molecule has 0 aromatic heterocycles. The van der Waals surface area contributed by atoms with Gasteiger partial charge in [-0.3, -0.25) is 4.79 Å². The zero-order valence-electron chi connectivity index (χ0n) is 12.3. The van der Waals surface area contributed by atoms with Gasteiger partial charge in [0, 0.05) is 0 Å². The zero-order valence-corrected chi connectivity index (χ0v) is 12.3. The maximum atomic E-state index is 12.0. The second kappa shape index (κ2) is 7.83.